The number of nitrogens with one attached hydrogen (secondary N) is 1. The number of hydrogen-bond acceptors (Lipinski definition) is 3. The van der Waals surface area contributed by atoms with Crippen molar-refractivity contribution >= 4 is 11.6 Å². The molecule has 0 saturated heterocycles. The van der Waals surface area contributed by atoms with E-state index in [1.54, 1.807) is 6.92 Å². The molecule has 4 aromatic rings. The number of hydrogen-bond donors (Lipinski definition) is 1. The average molecular weight is 413 g/mol. The van der Waals surface area contributed by atoms with Crippen LogP contribution in [-0.2, 0) is 6.18 Å². The van der Waals surface area contributed by atoms with E-state index in [0.29, 0.717) is 4.52 Å². The summed E-state index contributed by atoms with van der Waals surface area (Å²) in [5.74, 6) is -0.579. The molecule has 9 heteroatoms. The van der Waals surface area contributed by atoms with Gasteiger partial charge in [0.1, 0.15) is 5.69 Å². The third-order valence-corrected chi connectivity index (χ3v) is 4.70. The van der Waals surface area contributed by atoms with Gasteiger partial charge in [-0.1, -0.05) is 12.1 Å². The van der Waals surface area contributed by atoms with Crippen LogP contribution in [0.4, 0.5) is 13.2 Å². The molecular weight excluding hydrogens is 395 g/mol. The van der Waals surface area contributed by atoms with Gasteiger partial charge in [-0.05, 0) is 49.7 Å². The first-order valence-corrected chi connectivity index (χ1v) is 9.21. The number of carbonyl (C=O) groups excluding carboxylic acids is 1. The number of aryl methyl sites for hydroxylation is 1. The van der Waals surface area contributed by atoms with Gasteiger partial charge in [-0.2, -0.15) is 18.3 Å². The third kappa shape index (κ3) is 3.78. The van der Waals surface area contributed by atoms with Crippen LogP contribution < -0.4 is 5.32 Å². The number of rotatable bonds is 4. The Morgan fingerprint density at radius 1 is 1.10 bits per heavy atom. The van der Waals surface area contributed by atoms with Crippen LogP contribution in [0.2, 0.25) is 0 Å². The van der Waals surface area contributed by atoms with Crippen molar-refractivity contribution in [2.45, 2.75) is 26.1 Å². The summed E-state index contributed by atoms with van der Waals surface area (Å²) in [5, 5.41) is 6.63. The predicted octanol–water partition coefficient (Wildman–Crippen LogP) is 4.34. The molecule has 1 unspecified atom stereocenters. The van der Waals surface area contributed by atoms with Crippen LogP contribution in [-0.4, -0.2) is 25.1 Å². The average Bonchev–Trinajstić information content (AvgIpc) is 3.36. The van der Waals surface area contributed by atoms with Gasteiger partial charge in [0.2, 0.25) is 0 Å². The zero-order valence-electron chi connectivity index (χ0n) is 16.2. The molecule has 1 amide bonds. The van der Waals surface area contributed by atoms with E-state index in [1.165, 1.54) is 13.0 Å². The van der Waals surface area contributed by atoms with E-state index in [9.17, 15) is 18.0 Å². The molecule has 154 valence electrons. The highest BCUT2D eigenvalue weighted by molar-refractivity contribution is 5.93. The van der Waals surface area contributed by atoms with Crippen molar-refractivity contribution in [3.8, 4) is 5.69 Å². The highest BCUT2D eigenvalue weighted by Gasteiger charge is 2.35. The minimum Gasteiger partial charge on any atom is -0.344 e. The monoisotopic (exact) mass is 413 g/mol. The highest BCUT2D eigenvalue weighted by atomic mass is 19.4. The number of fused-ring (bicyclic) bond motifs is 1. The summed E-state index contributed by atoms with van der Waals surface area (Å²) < 4.78 is 42.5. The molecule has 3 heterocycles. The molecule has 1 atom stereocenters. The summed E-state index contributed by atoms with van der Waals surface area (Å²) >= 11 is 0. The first-order chi connectivity index (χ1) is 14.2. The van der Waals surface area contributed by atoms with E-state index >= 15 is 0 Å². The number of carbonyl (C=O) groups is 1. The molecule has 1 N–H and O–H groups in total. The molecule has 1 aromatic carbocycles. The SMILES string of the molecule is Cc1cc(C(F)(F)F)n2nc(C(=O)NC(C)c3cccc(-n4cccc4)c3)cc2n1. The fourth-order valence-electron chi connectivity index (χ4n) is 3.23. The largest absolute Gasteiger partial charge is 0.433 e. The molecule has 3 aromatic heterocycles. The Kier molecular flexibility index (Phi) is 4.81. The molecule has 0 radical (unpaired) electrons. The Labute approximate surface area is 170 Å². The van der Waals surface area contributed by atoms with E-state index in [4.69, 9.17) is 0 Å². The number of halogens is 3. The number of amides is 1. The minimum atomic E-state index is -4.61. The molecule has 0 aliphatic carbocycles. The molecular formula is C21H18F3N5O. The van der Waals surface area contributed by atoms with Gasteiger partial charge in [0.25, 0.3) is 5.91 Å². The summed E-state index contributed by atoms with van der Waals surface area (Å²) in [5.41, 5.74) is 0.833. The van der Waals surface area contributed by atoms with Gasteiger partial charge >= 0.3 is 6.18 Å². The van der Waals surface area contributed by atoms with E-state index in [1.807, 2.05) is 53.4 Å². The summed E-state index contributed by atoms with van der Waals surface area (Å²) in [4.78, 5) is 16.7. The first-order valence-electron chi connectivity index (χ1n) is 9.21. The lowest BCUT2D eigenvalue weighted by Crippen LogP contribution is -2.27. The first kappa shape index (κ1) is 19.7. The van der Waals surface area contributed by atoms with Crippen molar-refractivity contribution in [3.63, 3.8) is 0 Å². The van der Waals surface area contributed by atoms with Crippen molar-refractivity contribution in [2.75, 3.05) is 0 Å². The van der Waals surface area contributed by atoms with Crippen LogP contribution in [0.25, 0.3) is 11.3 Å². The lowest BCUT2D eigenvalue weighted by molar-refractivity contribution is -0.142. The fraction of sp³-hybridized carbons (Fsp3) is 0.190. The van der Waals surface area contributed by atoms with Crippen molar-refractivity contribution in [1.29, 1.82) is 0 Å². The van der Waals surface area contributed by atoms with Gasteiger partial charge in [0.15, 0.2) is 11.3 Å². The highest BCUT2D eigenvalue weighted by Crippen LogP contribution is 2.30. The Bertz CT molecular complexity index is 1210. The van der Waals surface area contributed by atoms with Gasteiger partial charge in [0.05, 0.1) is 6.04 Å². The smallest absolute Gasteiger partial charge is 0.344 e. The molecule has 6 nitrogen and oxygen atoms in total. The zero-order chi connectivity index (χ0) is 21.5. The normalized spacial score (nSPS) is 12.8. The van der Waals surface area contributed by atoms with Crippen molar-refractivity contribution in [3.05, 3.63) is 83.6 Å². The molecule has 0 aliphatic rings. The lowest BCUT2D eigenvalue weighted by atomic mass is 10.1. The van der Waals surface area contributed by atoms with Gasteiger partial charge in [-0.25, -0.2) is 9.50 Å². The maximum Gasteiger partial charge on any atom is 0.433 e. The Balaban J connectivity index is 1.60. The molecule has 0 aliphatic heterocycles. The maximum atomic E-state index is 13.3. The second-order valence-electron chi connectivity index (χ2n) is 6.96. The van der Waals surface area contributed by atoms with Gasteiger partial charge in [-0.3, -0.25) is 4.79 Å². The number of benzene rings is 1. The Morgan fingerprint density at radius 2 is 1.83 bits per heavy atom. The van der Waals surface area contributed by atoms with Crippen molar-refractivity contribution in [1.82, 2.24) is 24.5 Å². The molecule has 30 heavy (non-hydrogen) atoms. The van der Waals surface area contributed by atoms with Gasteiger partial charge in [-0.15, -0.1) is 0 Å². The van der Waals surface area contributed by atoms with Crippen LogP contribution in [0.3, 0.4) is 0 Å². The molecule has 0 fully saturated rings. The van der Waals surface area contributed by atoms with Crippen LogP contribution >= 0.6 is 0 Å². The van der Waals surface area contributed by atoms with Crippen LogP contribution in [0, 0.1) is 6.92 Å². The summed E-state index contributed by atoms with van der Waals surface area (Å²) in [6.45, 7) is 3.26. The minimum absolute atomic E-state index is 0.0327. The van der Waals surface area contributed by atoms with Gasteiger partial charge in [0, 0.05) is 29.8 Å². The standard InChI is InChI=1S/C21H18F3N5O/c1-13-10-18(21(22,23)24)29-19(25-13)12-17(27-29)20(30)26-14(2)15-6-5-7-16(11-15)28-8-3-4-9-28/h3-12,14H,1-2H3,(H,26,30). The van der Waals surface area contributed by atoms with Crippen LogP contribution in [0.5, 0.6) is 0 Å². The Morgan fingerprint density at radius 3 is 2.53 bits per heavy atom. The lowest BCUT2D eigenvalue weighted by Gasteiger charge is -2.15. The van der Waals surface area contributed by atoms with Gasteiger partial charge < -0.3 is 9.88 Å². The quantitative estimate of drug-likeness (QED) is 0.541. The molecule has 0 bridgehead atoms. The van der Waals surface area contributed by atoms with E-state index in [0.717, 1.165) is 17.3 Å². The van der Waals surface area contributed by atoms with Crippen LogP contribution in [0.15, 0.2) is 60.9 Å². The number of nitrogens with zero attached hydrogens (tertiary/aromatic N) is 4. The number of aromatic nitrogens is 4. The van der Waals surface area contributed by atoms with E-state index in [-0.39, 0.29) is 23.1 Å². The summed E-state index contributed by atoms with van der Waals surface area (Å²) in [6, 6.07) is 13.2. The molecule has 0 spiro atoms. The Hall–Kier alpha value is -3.62. The second-order valence-corrected chi connectivity index (χ2v) is 6.96. The topological polar surface area (TPSA) is 64.2 Å². The second kappa shape index (κ2) is 7.33. The molecule has 4 rings (SSSR count). The van der Waals surface area contributed by atoms with E-state index in [2.05, 4.69) is 15.4 Å². The summed E-state index contributed by atoms with van der Waals surface area (Å²) in [6.07, 6.45) is -0.795. The summed E-state index contributed by atoms with van der Waals surface area (Å²) in [7, 11) is 0. The van der Waals surface area contributed by atoms with Crippen molar-refractivity contribution < 1.29 is 18.0 Å². The third-order valence-electron chi connectivity index (χ3n) is 4.70. The van der Waals surface area contributed by atoms with E-state index < -0.39 is 17.8 Å². The zero-order valence-corrected chi connectivity index (χ0v) is 16.2. The number of alkyl halides is 3. The van der Waals surface area contributed by atoms with Crippen LogP contribution in [0.1, 0.15) is 40.4 Å². The van der Waals surface area contributed by atoms with Crippen molar-refractivity contribution in [2.24, 2.45) is 0 Å². The fourth-order valence-corrected chi connectivity index (χ4v) is 3.23. The molecule has 0 saturated carbocycles. The predicted molar refractivity (Wildman–Crippen MR) is 104 cm³/mol. The maximum absolute atomic E-state index is 13.3.